The smallest absolute Gasteiger partial charge is 0.289 e. The van der Waals surface area contributed by atoms with Gasteiger partial charge in [0.2, 0.25) is 0 Å². The van der Waals surface area contributed by atoms with Crippen molar-refractivity contribution in [3.05, 3.63) is 48.0 Å². The van der Waals surface area contributed by atoms with Crippen molar-refractivity contribution in [2.45, 2.75) is 31.4 Å². The second-order valence-corrected chi connectivity index (χ2v) is 9.52. The highest BCUT2D eigenvalue weighted by Crippen LogP contribution is 2.28. The van der Waals surface area contributed by atoms with Crippen molar-refractivity contribution < 1.29 is 26.8 Å². The molecule has 0 N–H and O–H groups in total. The molecule has 2 aliphatic rings. The Morgan fingerprint density at radius 1 is 1.18 bits per heavy atom. The number of hydrogen-bond acceptors (Lipinski definition) is 5. The number of benzene rings is 1. The van der Waals surface area contributed by atoms with E-state index in [1.807, 2.05) is 0 Å². The number of furan rings is 1. The number of carbonyl (C=O) groups excluding carboxylic acids is 1. The van der Waals surface area contributed by atoms with Gasteiger partial charge >= 0.3 is 0 Å². The minimum absolute atomic E-state index is 0.0493. The van der Waals surface area contributed by atoms with E-state index in [9.17, 15) is 17.6 Å². The highest BCUT2D eigenvalue weighted by molar-refractivity contribution is 7.91. The molecule has 2 atom stereocenters. The maximum atomic E-state index is 14.0. The van der Waals surface area contributed by atoms with Crippen LogP contribution in [0.15, 0.2) is 40.8 Å². The SMILES string of the molecule is O=C(c1ccc(-c2ccccc2F)o1)N(CC1CCCO1)C1CCS(=O)(=O)C1. The summed E-state index contributed by atoms with van der Waals surface area (Å²) in [7, 11) is -3.15. The van der Waals surface area contributed by atoms with Crippen LogP contribution in [0.2, 0.25) is 0 Å². The van der Waals surface area contributed by atoms with Gasteiger partial charge in [0.25, 0.3) is 5.91 Å². The van der Waals surface area contributed by atoms with Crippen molar-refractivity contribution in [1.29, 1.82) is 0 Å². The average Bonchev–Trinajstić information content (AvgIpc) is 3.40. The summed E-state index contributed by atoms with van der Waals surface area (Å²) in [5.41, 5.74) is 0.274. The molecule has 150 valence electrons. The van der Waals surface area contributed by atoms with Crippen LogP contribution in [-0.4, -0.2) is 56.0 Å². The van der Waals surface area contributed by atoms with Gasteiger partial charge in [-0.2, -0.15) is 0 Å². The summed E-state index contributed by atoms with van der Waals surface area (Å²) in [5.74, 6) is -0.468. The van der Waals surface area contributed by atoms with Gasteiger partial charge in [-0.25, -0.2) is 12.8 Å². The van der Waals surface area contributed by atoms with Crippen molar-refractivity contribution in [3.63, 3.8) is 0 Å². The van der Waals surface area contributed by atoms with Gasteiger partial charge < -0.3 is 14.1 Å². The third kappa shape index (κ3) is 3.98. The Bertz CT molecular complexity index is 964. The zero-order valence-corrected chi connectivity index (χ0v) is 16.2. The summed E-state index contributed by atoms with van der Waals surface area (Å²) in [6, 6.07) is 8.84. The van der Waals surface area contributed by atoms with E-state index in [0.717, 1.165) is 12.8 Å². The Kier molecular flexibility index (Phi) is 5.25. The molecule has 1 amide bonds. The topological polar surface area (TPSA) is 76.8 Å². The Labute approximate surface area is 163 Å². The molecule has 0 bridgehead atoms. The summed E-state index contributed by atoms with van der Waals surface area (Å²) in [5, 5.41) is 0. The van der Waals surface area contributed by atoms with E-state index in [1.54, 1.807) is 29.2 Å². The zero-order valence-electron chi connectivity index (χ0n) is 15.3. The highest BCUT2D eigenvalue weighted by Gasteiger charge is 2.37. The van der Waals surface area contributed by atoms with Gasteiger partial charge in [-0.15, -0.1) is 0 Å². The number of ether oxygens (including phenoxy) is 1. The first-order chi connectivity index (χ1) is 13.4. The molecule has 1 aromatic heterocycles. The number of carbonyl (C=O) groups is 1. The van der Waals surface area contributed by atoms with Gasteiger partial charge in [0.05, 0.1) is 23.2 Å². The lowest BCUT2D eigenvalue weighted by Crippen LogP contribution is -2.45. The first-order valence-electron chi connectivity index (χ1n) is 9.41. The Morgan fingerprint density at radius 2 is 2.00 bits per heavy atom. The van der Waals surface area contributed by atoms with Crippen molar-refractivity contribution in [3.8, 4) is 11.3 Å². The minimum Gasteiger partial charge on any atom is -0.451 e. The number of nitrogens with zero attached hydrogens (tertiary/aromatic N) is 1. The molecule has 2 aliphatic heterocycles. The standard InChI is InChI=1S/C20H22FNO5S/c21-17-6-2-1-5-16(17)18-7-8-19(27-18)20(23)22(12-15-4-3-10-26-15)14-9-11-28(24,25)13-14/h1-2,5-8,14-15H,3-4,9-13H2. The van der Waals surface area contributed by atoms with E-state index >= 15 is 0 Å². The lowest BCUT2D eigenvalue weighted by Gasteiger charge is -2.29. The van der Waals surface area contributed by atoms with E-state index in [-0.39, 0.29) is 40.6 Å². The molecule has 0 radical (unpaired) electrons. The molecule has 2 saturated heterocycles. The van der Waals surface area contributed by atoms with Crippen molar-refractivity contribution in [2.24, 2.45) is 0 Å². The number of halogens is 1. The lowest BCUT2D eigenvalue weighted by molar-refractivity contribution is 0.0419. The van der Waals surface area contributed by atoms with Gasteiger partial charge in [-0.05, 0) is 43.5 Å². The zero-order chi connectivity index (χ0) is 19.7. The first-order valence-corrected chi connectivity index (χ1v) is 11.2. The van der Waals surface area contributed by atoms with Crippen LogP contribution in [0.25, 0.3) is 11.3 Å². The molecular weight excluding hydrogens is 385 g/mol. The average molecular weight is 407 g/mol. The molecule has 8 heteroatoms. The Balaban J connectivity index is 1.59. The number of hydrogen-bond donors (Lipinski definition) is 0. The van der Waals surface area contributed by atoms with Crippen LogP contribution >= 0.6 is 0 Å². The van der Waals surface area contributed by atoms with Crippen LogP contribution < -0.4 is 0 Å². The fourth-order valence-corrected chi connectivity index (χ4v) is 5.56. The lowest BCUT2D eigenvalue weighted by atomic mass is 10.1. The number of rotatable bonds is 5. The molecule has 28 heavy (non-hydrogen) atoms. The summed E-state index contributed by atoms with van der Waals surface area (Å²) < 4.78 is 49.2. The van der Waals surface area contributed by atoms with E-state index in [0.29, 0.717) is 19.6 Å². The molecular formula is C20H22FNO5S. The Morgan fingerprint density at radius 3 is 2.68 bits per heavy atom. The summed E-state index contributed by atoms with van der Waals surface area (Å²) in [6.45, 7) is 0.975. The monoisotopic (exact) mass is 407 g/mol. The van der Waals surface area contributed by atoms with Crippen LogP contribution in [-0.2, 0) is 14.6 Å². The molecule has 3 heterocycles. The number of amides is 1. The summed E-state index contributed by atoms with van der Waals surface area (Å²) in [4.78, 5) is 14.7. The normalized spacial score (nSPS) is 23.8. The molecule has 6 nitrogen and oxygen atoms in total. The third-order valence-electron chi connectivity index (χ3n) is 5.29. The molecule has 0 aliphatic carbocycles. The van der Waals surface area contributed by atoms with E-state index in [4.69, 9.17) is 9.15 Å². The van der Waals surface area contributed by atoms with Crippen LogP contribution in [0.3, 0.4) is 0 Å². The molecule has 2 fully saturated rings. The summed E-state index contributed by atoms with van der Waals surface area (Å²) in [6.07, 6.45) is 2.06. The van der Waals surface area contributed by atoms with Crippen molar-refractivity contribution in [2.75, 3.05) is 24.7 Å². The van der Waals surface area contributed by atoms with Crippen molar-refractivity contribution in [1.82, 2.24) is 4.90 Å². The van der Waals surface area contributed by atoms with E-state index < -0.39 is 21.7 Å². The van der Waals surface area contributed by atoms with Gasteiger partial charge in [-0.3, -0.25) is 4.79 Å². The van der Waals surface area contributed by atoms with Crippen LogP contribution in [0.4, 0.5) is 4.39 Å². The quantitative estimate of drug-likeness (QED) is 0.762. The predicted molar refractivity (Wildman–Crippen MR) is 101 cm³/mol. The fraction of sp³-hybridized carbons (Fsp3) is 0.450. The Hall–Kier alpha value is -2.19. The molecule has 0 spiro atoms. The highest BCUT2D eigenvalue weighted by atomic mass is 32.2. The third-order valence-corrected chi connectivity index (χ3v) is 7.04. The van der Waals surface area contributed by atoms with Crippen LogP contribution in [0, 0.1) is 5.82 Å². The fourth-order valence-electron chi connectivity index (χ4n) is 3.83. The molecule has 1 aromatic carbocycles. The largest absolute Gasteiger partial charge is 0.451 e. The van der Waals surface area contributed by atoms with Gasteiger partial charge in [0.15, 0.2) is 15.6 Å². The second-order valence-electron chi connectivity index (χ2n) is 7.29. The molecule has 2 unspecified atom stereocenters. The minimum atomic E-state index is -3.15. The maximum absolute atomic E-state index is 14.0. The van der Waals surface area contributed by atoms with Gasteiger partial charge in [-0.1, -0.05) is 12.1 Å². The molecule has 4 rings (SSSR count). The van der Waals surface area contributed by atoms with Gasteiger partial charge in [0, 0.05) is 19.2 Å². The van der Waals surface area contributed by atoms with Crippen molar-refractivity contribution >= 4 is 15.7 Å². The van der Waals surface area contributed by atoms with Gasteiger partial charge in [0.1, 0.15) is 11.6 Å². The van der Waals surface area contributed by atoms with Crippen LogP contribution in [0.1, 0.15) is 29.8 Å². The molecule has 0 saturated carbocycles. The van der Waals surface area contributed by atoms with Crippen LogP contribution in [0.5, 0.6) is 0 Å². The first kappa shape index (κ1) is 19.1. The molecule has 2 aromatic rings. The van der Waals surface area contributed by atoms with E-state index in [1.165, 1.54) is 12.1 Å². The second kappa shape index (κ2) is 7.67. The number of sulfone groups is 1. The maximum Gasteiger partial charge on any atom is 0.289 e. The van der Waals surface area contributed by atoms with E-state index in [2.05, 4.69) is 0 Å². The summed E-state index contributed by atoms with van der Waals surface area (Å²) >= 11 is 0. The predicted octanol–water partition coefficient (Wildman–Crippen LogP) is 2.89.